The predicted octanol–water partition coefficient (Wildman–Crippen LogP) is 4.44. The van der Waals surface area contributed by atoms with Gasteiger partial charge in [-0.25, -0.2) is 9.97 Å². The number of furan rings is 1. The van der Waals surface area contributed by atoms with Crippen molar-refractivity contribution in [3.8, 4) is 11.5 Å². The van der Waals surface area contributed by atoms with Crippen LogP contribution in [0.25, 0.3) is 11.5 Å². The Morgan fingerprint density at radius 3 is 2.43 bits per heavy atom. The van der Waals surface area contributed by atoms with Gasteiger partial charge in [-0.15, -0.1) is 0 Å². The van der Waals surface area contributed by atoms with E-state index in [2.05, 4.69) is 20.6 Å². The summed E-state index contributed by atoms with van der Waals surface area (Å²) in [5, 5.41) is 4.98. The summed E-state index contributed by atoms with van der Waals surface area (Å²) in [7, 11) is 0. The van der Waals surface area contributed by atoms with E-state index in [9.17, 15) is 22.8 Å². The lowest BCUT2D eigenvalue weighted by Crippen LogP contribution is -2.15. The highest BCUT2D eigenvalue weighted by molar-refractivity contribution is 7.99. The van der Waals surface area contributed by atoms with Crippen LogP contribution >= 0.6 is 11.8 Å². The Hall–Kier alpha value is -3.34. The van der Waals surface area contributed by atoms with Crippen LogP contribution in [0.15, 0.2) is 58.3 Å². The van der Waals surface area contributed by atoms with E-state index in [0.717, 1.165) is 17.8 Å². The van der Waals surface area contributed by atoms with E-state index in [1.54, 1.807) is 24.3 Å². The second-order valence-corrected chi connectivity index (χ2v) is 6.94. The summed E-state index contributed by atoms with van der Waals surface area (Å²) in [5.74, 6) is -0.795. The summed E-state index contributed by atoms with van der Waals surface area (Å²) >= 11 is 0.759. The van der Waals surface area contributed by atoms with Gasteiger partial charge < -0.3 is 15.1 Å². The van der Waals surface area contributed by atoms with Gasteiger partial charge >= 0.3 is 6.18 Å². The smallest absolute Gasteiger partial charge is 0.433 e. The highest BCUT2D eigenvalue weighted by Gasteiger charge is 2.34. The van der Waals surface area contributed by atoms with E-state index in [-0.39, 0.29) is 28.3 Å². The molecule has 0 aliphatic rings. The third kappa shape index (κ3) is 5.83. The minimum atomic E-state index is -4.67. The third-order valence-electron chi connectivity index (χ3n) is 3.57. The van der Waals surface area contributed by atoms with E-state index in [1.165, 1.54) is 25.3 Å². The predicted molar refractivity (Wildman–Crippen MR) is 105 cm³/mol. The van der Waals surface area contributed by atoms with E-state index in [4.69, 9.17) is 4.42 Å². The molecule has 0 bridgehead atoms. The Bertz CT molecular complexity index is 1060. The number of amides is 2. The van der Waals surface area contributed by atoms with Gasteiger partial charge in [0.25, 0.3) is 0 Å². The summed E-state index contributed by atoms with van der Waals surface area (Å²) in [5.41, 5.74) is -0.242. The van der Waals surface area contributed by atoms with Crippen molar-refractivity contribution >= 4 is 35.0 Å². The zero-order chi connectivity index (χ0) is 21.7. The molecule has 2 amide bonds. The van der Waals surface area contributed by atoms with Crippen LogP contribution in [0.3, 0.4) is 0 Å². The number of alkyl halides is 3. The van der Waals surface area contributed by atoms with Crippen LogP contribution in [0.1, 0.15) is 12.6 Å². The average molecular weight is 436 g/mol. The molecule has 0 aliphatic heterocycles. The van der Waals surface area contributed by atoms with Gasteiger partial charge in [0.2, 0.25) is 11.8 Å². The SMILES string of the molecule is CC(=O)Nc1cccc(NC(=O)CSc2nc(-c3ccco3)cc(C(F)(F)F)n2)c1. The van der Waals surface area contributed by atoms with Crippen molar-refractivity contribution < 1.29 is 27.2 Å². The Labute approximate surface area is 173 Å². The molecule has 7 nitrogen and oxygen atoms in total. The number of aromatic nitrogens is 2. The lowest BCUT2D eigenvalue weighted by atomic mass is 10.2. The zero-order valence-electron chi connectivity index (χ0n) is 15.5. The van der Waals surface area contributed by atoms with Gasteiger partial charge in [0.05, 0.1) is 12.0 Å². The van der Waals surface area contributed by atoms with Crippen molar-refractivity contribution in [1.82, 2.24) is 9.97 Å². The van der Waals surface area contributed by atoms with Crippen LogP contribution in [0.2, 0.25) is 0 Å². The summed E-state index contributed by atoms with van der Waals surface area (Å²) in [6.07, 6.45) is -3.36. The quantitative estimate of drug-likeness (QED) is 0.438. The topological polar surface area (TPSA) is 97.1 Å². The molecule has 11 heteroatoms. The fourth-order valence-electron chi connectivity index (χ4n) is 2.39. The Balaban J connectivity index is 1.71. The van der Waals surface area contributed by atoms with Crippen LogP contribution < -0.4 is 10.6 Å². The summed E-state index contributed by atoms with van der Waals surface area (Å²) in [6.45, 7) is 1.36. The lowest BCUT2D eigenvalue weighted by molar-refractivity contribution is -0.141. The molecular formula is C19H15F3N4O3S. The van der Waals surface area contributed by atoms with E-state index >= 15 is 0 Å². The molecule has 0 spiro atoms. The molecule has 3 aromatic rings. The maximum atomic E-state index is 13.2. The van der Waals surface area contributed by atoms with Crippen molar-refractivity contribution in [2.24, 2.45) is 0 Å². The number of anilines is 2. The van der Waals surface area contributed by atoms with Crippen molar-refractivity contribution in [3.05, 3.63) is 54.4 Å². The summed E-state index contributed by atoms with van der Waals surface area (Å²) < 4.78 is 44.6. The molecule has 0 unspecified atom stereocenters. The van der Waals surface area contributed by atoms with Crippen LogP contribution in [0.5, 0.6) is 0 Å². The first-order chi connectivity index (χ1) is 14.2. The maximum absolute atomic E-state index is 13.2. The number of carbonyl (C=O) groups is 2. The molecule has 0 fully saturated rings. The molecule has 2 aromatic heterocycles. The number of hydrogen-bond donors (Lipinski definition) is 2. The lowest BCUT2D eigenvalue weighted by Gasteiger charge is -2.10. The zero-order valence-corrected chi connectivity index (χ0v) is 16.3. The molecule has 0 radical (unpaired) electrons. The van der Waals surface area contributed by atoms with Gasteiger partial charge in [0.15, 0.2) is 10.9 Å². The van der Waals surface area contributed by atoms with Crippen LogP contribution in [0, 0.1) is 0 Å². The number of benzene rings is 1. The molecule has 2 heterocycles. The van der Waals surface area contributed by atoms with Crippen LogP contribution in [-0.4, -0.2) is 27.5 Å². The normalized spacial score (nSPS) is 11.2. The van der Waals surface area contributed by atoms with Gasteiger partial charge in [-0.05, 0) is 36.4 Å². The maximum Gasteiger partial charge on any atom is 0.433 e. The number of halogens is 3. The summed E-state index contributed by atoms with van der Waals surface area (Å²) in [6, 6.07) is 10.3. The number of nitrogens with one attached hydrogen (secondary N) is 2. The molecule has 0 aliphatic carbocycles. The Morgan fingerprint density at radius 2 is 1.80 bits per heavy atom. The molecular weight excluding hydrogens is 421 g/mol. The van der Waals surface area contributed by atoms with E-state index < -0.39 is 17.8 Å². The molecule has 0 saturated heterocycles. The van der Waals surface area contributed by atoms with Crippen LogP contribution in [0.4, 0.5) is 24.5 Å². The molecule has 1 aromatic carbocycles. The van der Waals surface area contributed by atoms with Gasteiger partial charge in [-0.2, -0.15) is 13.2 Å². The minimum absolute atomic E-state index is 0.0340. The first kappa shape index (κ1) is 21.4. The fourth-order valence-corrected chi connectivity index (χ4v) is 3.05. The third-order valence-corrected chi connectivity index (χ3v) is 4.42. The number of thioether (sulfide) groups is 1. The number of rotatable bonds is 6. The molecule has 0 atom stereocenters. The molecule has 0 saturated carbocycles. The van der Waals surface area contributed by atoms with Gasteiger partial charge in [0, 0.05) is 18.3 Å². The van der Waals surface area contributed by atoms with E-state index in [1.807, 2.05) is 0 Å². The van der Waals surface area contributed by atoms with Crippen molar-refractivity contribution in [2.75, 3.05) is 16.4 Å². The highest BCUT2D eigenvalue weighted by Crippen LogP contribution is 2.32. The van der Waals surface area contributed by atoms with Crippen LogP contribution in [-0.2, 0) is 15.8 Å². The standard InChI is InChI=1S/C19H15F3N4O3S/c1-11(27)23-12-4-2-5-13(8-12)24-17(28)10-30-18-25-14(15-6-3-7-29-15)9-16(26-18)19(20,21)22/h2-9H,10H2,1H3,(H,23,27)(H,24,28). The molecule has 2 N–H and O–H groups in total. The van der Waals surface area contributed by atoms with Gasteiger partial charge in [-0.3, -0.25) is 9.59 Å². The van der Waals surface area contributed by atoms with Gasteiger partial charge in [-0.1, -0.05) is 17.8 Å². The molecule has 156 valence electrons. The second-order valence-electron chi connectivity index (χ2n) is 5.99. The second kappa shape index (κ2) is 8.99. The van der Waals surface area contributed by atoms with Crippen molar-refractivity contribution in [2.45, 2.75) is 18.3 Å². The molecule has 3 rings (SSSR count). The molecule has 30 heavy (non-hydrogen) atoms. The Kier molecular flexibility index (Phi) is 6.40. The first-order valence-electron chi connectivity index (χ1n) is 8.51. The number of carbonyl (C=O) groups excluding carboxylic acids is 2. The largest absolute Gasteiger partial charge is 0.463 e. The van der Waals surface area contributed by atoms with Gasteiger partial charge in [0.1, 0.15) is 11.4 Å². The number of hydrogen-bond acceptors (Lipinski definition) is 6. The number of nitrogens with zero attached hydrogens (tertiary/aromatic N) is 2. The first-order valence-corrected chi connectivity index (χ1v) is 9.50. The summed E-state index contributed by atoms with van der Waals surface area (Å²) in [4.78, 5) is 30.9. The average Bonchev–Trinajstić information content (AvgIpc) is 3.20. The minimum Gasteiger partial charge on any atom is -0.463 e. The monoisotopic (exact) mass is 436 g/mol. The Morgan fingerprint density at radius 1 is 1.07 bits per heavy atom. The highest BCUT2D eigenvalue weighted by atomic mass is 32.2. The van der Waals surface area contributed by atoms with Crippen molar-refractivity contribution in [3.63, 3.8) is 0 Å². The fraction of sp³-hybridized carbons (Fsp3) is 0.158. The van der Waals surface area contributed by atoms with Crippen molar-refractivity contribution in [1.29, 1.82) is 0 Å². The van der Waals surface area contributed by atoms with E-state index in [0.29, 0.717) is 11.4 Å².